The van der Waals surface area contributed by atoms with Crippen molar-refractivity contribution in [3.8, 4) is 22.3 Å². The number of amides is 3. The van der Waals surface area contributed by atoms with Gasteiger partial charge in [-0.15, -0.1) is 0 Å². The van der Waals surface area contributed by atoms with Gasteiger partial charge < -0.3 is 49.3 Å². The van der Waals surface area contributed by atoms with E-state index in [1.165, 1.54) is 223 Å². The predicted molar refractivity (Wildman–Crippen MR) is 518 cm³/mol. The number of carbonyl (C=O) groups excluding carboxylic acids is 5. The number of methoxy groups -OCH3 is 1. The molecule has 144 heavy (non-hydrogen) atoms. The van der Waals surface area contributed by atoms with Crippen molar-refractivity contribution in [2.75, 3.05) is 20.3 Å². The Hall–Kier alpha value is -13.4. The van der Waals surface area contributed by atoms with E-state index in [4.69, 9.17) is 14.7 Å². The van der Waals surface area contributed by atoms with Crippen LogP contribution in [-0.2, 0) is 103 Å². The van der Waals surface area contributed by atoms with Gasteiger partial charge in [0.15, 0.2) is 40.6 Å². The van der Waals surface area contributed by atoms with Crippen molar-refractivity contribution in [1.29, 1.82) is 0 Å². The fourth-order valence-electron chi connectivity index (χ4n) is 15.2. The molecular weight excluding hydrogens is 1970 g/mol. The number of benzene rings is 6. The topological polar surface area (TPSA) is 428 Å². The van der Waals surface area contributed by atoms with Gasteiger partial charge in [0, 0.05) is 97.4 Å². The molecule has 0 unspecified atom stereocenters. The van der Waals surface area contributed by atoms with Crippen molar-refractivity contribution in [2.24, 2.45) is 0 Å². The second kappa shape index (κ2) is 50.7. The number of rotatable bonds is 26. The van der Waals surface area contributed by atoms with Gasteiger partial charge in [-0.25, -0.2) is 75.9 Å². The van der Waals surface area contributed by atoms with Crippen LogP contribution in [0, 0.1) is 34.9 Å². The van der Waals surface area contributed by atoms with Crippen LogP contribution in [0.25, 0.3) is 49.8 Å². The van der Waals surface area contributed by atoms with Gasteiger partial charge >= 0.3 is 75.1 Å². The fraction of sp³-hybridized carbons (Fsp3) is 0.147. The molecule has 1 saturated heterocycles. The maximum absolute atomic E-state index is 13.7. The number of hydrogen-bond donors (Lipinski definition) is 6. The van der Waals surface area contributed by atoms with E-state index < -0.39 is 108 Å². The van der Waals surface area contributed by atoms with Crippen molar-refractivity contribution in [1.82, 2.24) is 62.5 Å². The zero-order valence-electron chi connectivity index (χ0n) is 77.3. The molecule has 6 N–H and O–H groups in total. The summed E-state index contributed by atoms with van der Waals surface area (Å²) >= 11 is 2.50. The van der Waals surface area contributed by atoms with Crippen LogP contribution >= 0.6 is 0 Å². The zero-order chi connectivity index (χ0) is 103. The van der Waals surface area contributed by atoms with E-state index in [2.05, 4.69) is 56.9 Å². The van der Waals surface area contributed by atoms with E-state index in [1.54, 1.807) is 103 Å². The van der Waals surface area contributed by atoms with Crippen LogP contribution < -0.4 is 32.6 Å². The summed E-state index contributed by atoms with van der Waals surface area (Å²) < 4.78 is 151. The molecule has 10 aromatic heterocycles. The first kappa shape index (κ1) is 108. The average molecular weight is 2050 g/mol. The first-order valence-electron chi connectivity index (χ1n) is 44.4. The van der Waals surface area contributed by atoms with Gasteiger partial charge in [0.1, 0.15) is 22.4 Å². The number of fused-ring (bicyclic) bond motifs is 3. The summed E-state index contributed by atoms with van der Waals surface area (Å²) in [6.45, 7) is 1.90. The predicted octanol–water partition coefficient (Wildman–Crippen LogP) is 12.8. The van der Waals surface area contributed by atoms with Crippen LogP contribution in [-0.4, -0.2) is 192 Å². The standard InChI is InChI=1S/C35H26F2N4O6S.C33H25F2N5O5S.C28H22F2N4O3.C4H8O.C2H4O4.2K/c1-47-35(44)31-18-23(28-21-41(32-12-6-5-10-26(28)32)48(45,46)25-8-3-2-4-9-25)17-24(39-31)19-38-33(42)27-11-7-15-40(34(27)43)20-22-13-14-29(36)30(37)16-22;34-29-11-10-21(14-30(29)35)18-39-13-5-9-27(33(39)43)32(42)37-17-23-15-22(16-24(20-41)38-23)28-19-40(31-26(28)8-4-12-36-31)46(44,45)25-6-2-1-3-7-25;29-24-7-5-17(11-25(24)30)15-34-10-2-4-23(28(34)37)27(36)32-14-19-12-18(13-20(16-35)33-19)21-6-8-26-22(21)3-1-9-31-26;1-2-4-5-3-1;1-2(3)5-6-4;;/h2-18,21H,19-20H2,1H3,(H,38,42);1-16,19,41H,17-18,20H2,(H,37,42);1-7,9-13,35H,8,14-16H2,(H,32,36);1-4H2;4H,1H3;;. The zero-order valence-corrected chi connectivity index (χ0v) is 85.1. The number of carbonyl (C=O) groups is 5. The number of nitrogens with one attached hydrogen (secondary N) is 3. The third kappa shape index (κ3) is 27.0. The van der Waals surface area contributed by atoms with Gasteiger partial charge in [0.2, 0.25) is 0 Å². The third-order valence-corrected chi connectivity index (χ3v) is 25.3. The van der Waals surface area contributed by atoms with Gasteiger partial charge in [-0.1, -0.05) is 84.9 Å². The minimum atomic E-state index is -4.00. The van der Waals surface area contributed by atoms with Gasteiger partial charge in [0.25, 0.3) is 54.4 Å². The van der Waals surface area contributed by atoms with Gasteiger partial charge in [-0.05, 0) is 215 Å². The number of halogens is 6. The minimum absolute atomic E-state index is 0.0218. The number of nitrogens with zero attached hydrogens (tertiary/aromatic N) is 10. The Morgan fingerprint density at radius 1 is 0.451 bits per heavy atom. The number of aromatic nitrogens is 10. The summed E-state index contributed by atoms with van der Waals surface area (Å²) in [5.74, 6) is -9.59. The third-order valence-electron chi connectivity index (χ3n) is 22.0. The van der Waals surface area contributed by atoms with Gasteiger partial charge in [-0.3, -0.25) is 48.6 Å². The molecule has 0 radical (unpaired) electrons. The number of esters is 1. The second-order valence-corrected chi connectivity index (χ2v) is 35.2. The van der Waals surface area contributed by atoms with Crippen LogP contribution in [0.3, 0.4) is 0 Å². The number of hydrogen-bond acceptors (Lipinski definition) is 24. The molecule has 1 aliphatic carbocycles. The number of aliphatic hydroxyl groups is 2. The van der Waals surface area contributed by atoms with Crippen LogP contribution in [0.2, 0.25) is 0 Å². The van der Waals surface area contributed by atoms with E-state index >= 15 is 0 Å². The molecule has 18 rings (SSSR count). The molecule has 16 aromatic rings. The van der Waals surface area contributed by atoms with Crippen molar-refractivity contribution >= 4 is 140 Å². The van der Waals surface area contributed by atoms with E-state index in [1.807, 2.05) is 18.2 Å². The Bertz CT molecular complexity index is 7930. The maximum atomic E-state index is 13.7. The van der Waals surface area contributed by atoms with E-state index in [0.717, 1.165) is 82.9 Å². The van der Waals surface area contributed by atoms with Crippen molar-refractivity contribution in [3.05, 3.63) is 436 Å². The number of pyridine rings is 8. The molecule has 11 heterocycles. The first-order valence-corrected chi connectivity index (χ1v) is 63.2. The molecule has 0 saturated carbocycles. The van der Waals surface area contributed by atoms with E-state index in [-0.39, 0.29) is 95.1 Å². The quantitative estimate of drug-likeness (QED) is 0.00964. The first-order chi connectivity index (χ1) is 69.4. The van der Waals surface area contributed by atoms with Crippen molar-refractivity contribution in [2.45, 2.75) is 88.5 Å². The normalized spacial score (nSPS) is 11.8. The number of aliphatic hydroxyl groups excluding tert-OH is 2. The summed E-state index contributed by atoms with van der Waals surface area (Å²) in [4.78, 5) is 126. The molecule has 42 heteroatoms. The van der Waals surface area contributed by atoms with Crippen LogP contribution in [0.15, 0.2) is 310 Å². The number of ether oxygens (including phenoxy) is 2. The molecule has 0 bridgehead atoms. The molecule has 32 nitrogen and oxygen atoms in total. The van der Waals surface area contributed by atoms with Crippen LogP contribution in [0.5, 0.6) is 0 Å². The van der Waals surface area contributed by atoms with Gasteiger partial charge in [-0.2, -0.15) is 0 Å². The number of allylic oxidation sites excluding steroid dienone is 1. The molecule has 6 aromatic carbocycles. The molecular formula is C102H85F6K2N13O19S2. The molecule has 0 atom stereocenters. The Morgan fingerprint density at radius 3 is 1.31 bits per heavy atom. The van der Waals surface area contributed by atoms with Crippen LogP contribution in [0.4, 0.5) is 26.3 Å². The van der Waals surface area contributed by atoms with Crippen molar-refractivity contribution < 1.29 is 102 Å². The Kier molecular flexibility index (Phi) is 38.0. The number of para-hydroxylation sites is 1. The Balaban J connectivity index is 0.000000171. The summed E-state index contributed by atoms with van der Waals surface area (Å²) in [6.07, 6.45) is 15.8. The SMILES string of the molecule is C1CCOC1.CC(=O)OOO.COC(=O)c1cc(-c2cn(S(=O)(=O)c3ccccc3)c3ccccc23)cc(CNC(=O)c2cccn(Cc3ccc(F)c(F)c3)c2=O)n1.O=C(NCc1cc(-c2cn(S(=O)(=O)c3ccccc3)c3ncccc23)cc(CO)n1)c1cccn(Cc2ccc(F)c(F)c2)c1=O.O=C(NCc1cc(C2=CCc3ncccc32)cc(CO)n1)c1cccn(Cc2ccc(F)c(F)c2)c1=O.[K][K]. The van der Waals surface area contributed by atoms with Gasteiger partial charge in [0.05, 0.1) is 109 Å². The summed E-state index contributed by atoms with van der Waals surface area (Å²) in [6, 6.07) is 58.5. The summed E-state index contributed by atoms with van der Waals surface area (Å²) in [5, 5.41) is 39.1. The van der Waals surface area contributed by atoms with E-state index in [0.29, 0.717) is 78.7 Å². The molecule has 728 valence electrons. The summed E-state index contributed by atoms with van der Waals surface area (Å²) in [7, 11) is -6.80. The monoisotopic (exact) mass is 2050 g/mol. The van der Waals surface area contributed by atoms with Crippen LogP contribution in [0.1, 0.15) is 123 Å². The average Bonchev–Trinajstić information content (AvgIpc) is 1.60. The second-order valence-electron chi connectivity index (χ2n) is 31.6. The van der Waals surface area contributed by atoms with E-state index in [9.17, 15) is 91.7 Å². The Morgan fingerprint density at radius 2 is 0.861 bits per heavy atom. The molecule has 2 aliphatic rings. The fourth-order valence-corrected chi connectivity index (χ4v) is 18.0. The molecule has 0 spiro atoms. The van der Waals surface area contributed by atoms with Crippen molar-refractivity contribution in [3.63, 3.8) is 0 Å². The molecule has 1 fully saturated rings. The summed E-state index contributed by atoms with van der Waals surface area (Å²) in [5.41, 5.74) is 6.79. The molecule has 3 amide bonds. The molecule has 1 aliphatic heterocycles. The Labute approximate surface area is 862 Å².